The number of piperidine rings is 1. The fourth-order valence-corrected chi connectivity index (χ4v) is 2.26. The summed E-state index contributed by atoms with van der Waals surface area (Å²) >= 11 is 0. The second-order valence-electron chi connectivity index (χ2n) is 4.96. The Morgan fingerprint density at radius 1 is 1.44 bits per heavy atom. The highest BCUT2D eigenvalue weighted by Crippen LogP contribution is 2.17. The Bertz CT molecular complexity index is 343. The molecule has 18 heavy (non-hydrogen) atoms. The molecule has 102 valence electrons. The SMILES string of the molecule is CCNCc1ccoc1COC1CCN(C)CC1. The number of likely N-dealkylation sites (tertiary alicyclic amines) is 1. The van der Waals surface area contributed by atoms with E-state index in [0.29, 0.717) is 12.7 Å². The van der Waals surface area contributed by atoms with E-state index in [1.807, 2.05) is 6.07 Å². The maximum absolute atomic E-state index is 5.95. The first kappa shape index (κ1) is 13.6. The minimum absolute atomic E-state index is 0.387. The molecule has 0 aliphatic carbocycles. The summed E-state index contributed by atoms with van der Waals surface area (Å²) in [5, 5.41) is 3.31. The van der Waals surface area contributed by atoms with Gasteiger partial charge in [-0.25, -0.2) is 0 Å². The topological polar surface area (TPSA) is 37.6 Å². The summed E-state index contributed by atoms with van der Waals surface area (Å²) in [7, 11) is 2.16. The molecule has 1 aliphatic heterocycles. The zero-order valence-electron chi connectivity index (χ0n) is 11.4. The second kappa shape index (κ2) is 6.92. The van der Waals surface area contributed by atoms with Gasteiger partial charge in [0.15, 0.2) is 0 Å². The summed E-state index contributed by atoms with van der Waals surface area (Å²) in [6, 6.07) is 2.02. The van der Waals surface area contributed by atoms with Crippen LogP contribution in [0.2, 0.25) is 0 Å². The van der Waals surface area contributed by atoms with E-state index in [0.717, 1.165) is 44.8 Å². The van der Waals surface area contributed by atoms with Crippen LogP contribution in [0.3, 0.4) is 0 Å². The maximum Gasteiger partial charge on any atom is 0.133 e. The number of rotatable bonds is 6. The van der Waals surface area contributed by atoms with Crippen LogP contribution in [0.25, 0.3) is 0 Å². The average Bonchev–Trinajstić information content (AvgIpc) is 2.83. The number of ether oxygens (including phenoxy) is 1. The Kier molecular flexibility index (Phi) is 5.23. The van der Waals surface area contributed by atoms with Gasteiger partial charge in [0.05, 0.1) is 12.4 Å². The third-order valence-corrected chi connectivity index (χ3v) is 3.52. The monoisotopic (exact) mass is 252 g/mol. The molecular weight excluding hydrogens is 228 g/mol. The van der Waals surface area contributed by atoms with Gasteiger partial charge in [0.2, 0.25) is 0 Å². The lowest BCUT2D eigenvalue weighted by Gasteiger charge is -2.28. The first-order valence-corrected chi connectivity index (χ1v) is 6.85. The van der Waals surface area contributed by atoms with Crippen molar-refractivity contribution in [1.82, 2.24) is 10.2 Å². The van der Waals surface area contributed by atoms with Crippen LogP contribution in [-0.4, -0.2) is 37.7 Å². The van der Waals surface area contributed by atoms with Crippen LogP contribution >= 0.6 is 0 Å². The van der Waals surface area contributed by atoms with Crippen molar-refractivity contribution < 1.29 is 9.15 Å². The fourth-order valence-electron chi connectivity index (χ4n) is 2.26. The molecule has 0 radical (unpaired) electrons. The number of hydrogen-bond donors (Lipinski definition) is 1. The number of nitrogens with zero attached hydrogens (tertiary/aromatic N) is 1. The van der Waals surface area contributed by atoms with E-state index in [4.69, 9.17) is 9.15 Å². The summed E-state index contributed by atoms with van der Waals surface area (Å²) in [6.45, 7) is 6.80. The van der Waals surface area contributed by atoms with Gasteiger partial charge in [-0.15, -0.1) is 0 Å². The van der Waals surface area contributed by atoms with Gasteiger partial charge < -0.3 is 19.4 Å². The van der Waals surface area contributed by atoms with Gasteiger partial charge >= 0.3 is 0 Å². The third-order valence-electron chi connectivity index (χ3n) is 3.52. The van der Waals surface area contributed by atoms with Crippen LogP contribution < -0.4 is 5.32 Å². The highest BCUT2D eigenvalue weighted by molar-refractivity contribution is 5.16. The van der Waals surface area contributed by atoms with Crippen LogP contribution in [0.4, 0.5) is 0 Å². The zero-order chi connectivity index (χ0) is 12.8. The van der Waals surface area contributed by atoms with Crippen LogP contribution in [0.5, 0.6) is 0 Å². The molecule has 1 aliphatic rings. The second-order valence-corrected chi connectivity index (χ2v) is 4.96. The average molecular weight is 252 g/mol. The molecule has 1 fully saturated rings. The maximum atomic E-state index is 5.95. The molecule has 0 atom stereocenters. The molecule has 0 unspecified atom stereocenters. The van der Waals surface area contributed by atoms with Crippen LogP contribution in [0.15, 0.2) is 16.7 Å². The number of nitrogens with one attached hydrogen (secondary N) is 1. The summed E-state index contributed by atoms with van der Waals surface area (Å²) in [6.07, 6.45) is 4.39. The van der Waals surface area contributed by atoms with E-state index >= 15 is 0 Å². The third kappa shape index (κ3) is 3.83. The zero-order valence-corrected chi connectivity index (χ0v) is 11.4. The van der Waals surface area contributed by atoms with Crippen LogP contribution in [0, 0.1) is 0 Å². The van der Waals surface area contributed by atoms with Crippen molar-refractivity contribution in [3.63, 3.8) is 0 Å². The van der Waals surface area contributed by atoms with E-state index in [1.54, 1.807) is 6.26 Å². The predicted octanol–water partition coefficient (Wildman–Crippen LogP) is 2.00. The molecule has 1 aromatic heterocycles. The molecule has 0 spiro atoms. The molecule has 2 rings (SSSR count). The van der Waals surface area contributed by atoms with E-state index < -0.39 is 0 Å². The van der Waals surface area contributed by atoms with Gasteiger partial charge in [-0.05, 0) is 32.5 Å². The van der Waals surface area contributed by atoms with Crippen molar-refractivity contribution in [1.29, 1.82) is 0 Å². The minimum atomic E-state index is 0.387. The van der Waals surface area contributed by atoms with Crippen LogP contribution in [-0.2, 0) is 17.9 Å². The molecule has 0 amide bonds. The Balaban J connectivity index is 1.77. The molecule has 1 saturated heterocycles. The van der Waals surface area contributed by atoms with Gasteiger partial charge in [0, 0.05) is 25.2 Å². The largest absolute Gasteiger partial charge is 0.467 e. The molecule has 0 bridgehead atoms. The lowest BCUT2D eigenvalue weighted by molar-refractivity contribution is -0.00517. The fraction of sp³-hybridized carbons (Fsp3) is 0.714. The summed E-state index contributed by atoms with van der Waals surface area (Å²) in [4.78, 5) is 2.35. The van der Waals surface area contributed by atoms with E-state index in [2.05, 4.69) is 24.2 Å². The highest BCUT2D eigenvalue weighted by atomic mass is 16.5. The molecule has 0 aromatic carbocycles. The Morgan fingerprint density at radius 3 is 2.94 bits per heavy atom. The van der Waals surface area contributed by atoms with E-state index in [-0.39, 0.29) is 0 Å². The summed E-state index contributed by atoms with van der Waals surface area (Å²) in [5.41, 5.74) is 1.21. The quantitative estimate of drug-likeness (QED) is 0.840. The molecule has 2 heterocycles. The number of hydrogen-bond acceptors (Lipinski definition) is 4. The molecule has 0 saturated carbocycles. The normalized spacial score (nSPS) is 18.3. The standard InChI is InChI=1S/C14H24N2O2/c1-3-15-10-12-6-9-17-14(12)11-18-13-4-7-16(2)8-5-13/h6,9,13,15H,3-5,7-8,10-11H2,1-2H3. The molecule has 4 nitrogen and oxygen atoms in total. The van der Waals surface area contributed by atoms with Crippen molar-refractivity contribution >= 4 is 0 Å². The summed E-state index contributed by atoms with van der Waals surface area (Å²) < 4.78 is 11.4. The van der Waals surface area contributed by atoms with Crippen molar-refractivity contribution in [2.75, 3.05) is 26.7 Å². The van der Waals surface area contributed by atoms with Gasteiger partial charge in [-0.1, -0.05) is 6.92 Å². The Labute approximate surface area is 109 Å². The van der Waals surface area contributed by atoms with Gasteiger partial charge in [-0.3, -0.25) is 0 Å². The smallest absolute Gasteiger partial charge is 0.133 e. The lowest BCUT2D eigenvalue weighted by atomic mass is 10.1. The Hall–Kier alpha value is -0.840. The Morgan fingerprint density at radius 2 is 2.22 bits per heavy atom. The van der Waals surface area contributed by atoms with Crippen molar-refractivity contribution in [2.24, 2.45) is 0 Å². The molecular formula is C14H24N2O2. The molecule has 1 aromatic rings. The molecule has 4 heteroatoms. The first-order valence-electron chi connectivity index (χ1n) is 6.85. The van der Waals surface area contributed by atoms with E-state index in [9.17, 15) is 0 Å². The van der Waals surface area contributed by atoms with Crippen LogP contribution in [0.1, 0.15) is 31.1 Å². The molecule has 1 N–H and O–H groups in total. The minimum Gasteiger partial charge on any atom is -0.467 e. The van der Waals surface area contributed by atoms with Crippen molar-refractivity contribution in [3.05, 3.63) is 23.7 Å². The van der Waals surface area contributed by atoms with Crippen molar-refractivity contribution in [3.8, 4) is 0 Å². The number of furan rings is 1. The highest BCUT2D eigenvalue weighted by Gasteiger charge is 2.18. The first-order chi connectivity index (χ1) is 8.79. The summed E-state index contributed by atoms with van der Waals surface area (Å²) in [5.74, 6) is 0.967. The van der Waals surface area contributed by atoms with Gasteiger partial charge in [0.1, 0.15) is 12.4 Å². The van der Waals surface area contributed by atoms with Crippen molar-refractivity contribution in [2.45, 2.75) is 39.0 Å². The van der Waals surface area contributed by atoms with E-state index in [1.165, 1.54) is 5.56 Å². The lowest BCUT2D eigenvalue weighted by Crippen LogP contribution is -2.34. The van der Waals surface area contributed by atoms with Gasteiger partial charge in [-0.2, -0.15) is 0 Å². The predicted molar refractivity (Wildman–Crippen MR) is 71.4 cm³/mol. The van der Waals surface area contributed by atoms with Gasteiger partial charge in [0.25, 0.3) is 0 Å².